The molecule has 5 heteroatoms. The van der Waals surface area contributed by atoms with Gasteiger partial charge >= 0.3 is 0 Å². The van der Waals surface area contributed by atoms with E-state index >= 15 is 0 Å². The maximum Gasteiger partial charge on any atom is 0.254 e. The summed E-state index contributed by atoms with van der Waals surface area (Å²) in [6.45, 7) is 4.03. The van der Waals surface area contributed by atoms with E-state index < -0.39 is 0 Å². The van der Waals surface area contributed by atoms with E-state index in [1.54, 1.807) is 25.4 Å². The minimum absolute atomic E-state index is 0.0515. The molecule has 18 heavy (non-hydrogen) atoms. The summed E-state index contributed by atoms with van der Waals surface area (Å²) < 4.78 is 5.57. The highest BCUT2D eigenvalue weighted by Gasteiger charge is 2.24. The van der Waals surface area contributed by atoms with Crippen molar-refractivity contribution in [2.75, 3.05) is 32.1 Å². The molecule has 1 aliphatic rings. The minimum Gasteiger partial charge on any atom is -0.375 e. The molecule has 0 spiro atoms. The standard InChI is InChI=1S/C13H19N3O2/c1-3-11-9-16(6-7-18-11)13(17)10-4-5-15-12(8-10)14-2/h4-5,8,11H,3,6-7,9H2,1-2H3,(H,14,15). The van der Waals surface area contributed by atoms with Gasteiger partial charge in [0, 0.05) is 31.9 Å². The first-order chi connectivity index (χ1) is 8.74. The van der Waals surface area contributed by atoms with Gasteiger partial charge in [-0.25, -0.2) is 4.98 Å². The smallest absolute Gasteiger partial charge is 0.254 e. The Bertz CT molecular complexity index is 422. The average Bonchev–Trinajstić information content (AvgIpc) is 2.46. The van der Waals surface area contributed by atoms with E-state index in [0.29, 0.717) is 31.1 Å². The Kier molecular flexibility index (Phi) is 4.15. The maximum absolute atomic E-state index is 12.3. The van der Waals surface area contributed by atoms with Crippen LogP contribution >= 0.6 is 0 Å². The Morgan fingerprint density at radius 2 is 2.50 bits per heavy atom. The summed E-state index contributed by atoms with van der Waals surface area (Å²) in [4.78, 5) is 18.3. The molecule has 0 aromatic carbocycles. The highest BCUT2D eigenvalue weighted by molar-refractivity contribution is 5.94. The molecule has 1 fully saturated rings. The molecule has 5 nitrogen and oxygen atoms in total. The lowest BCUT2D eigenvalue weighted by Gasteiger charge is -2.32. The van der Waals surface area contributed by atoms with Crippen LogP contribution in [0.2, 0.25) is 0 Å². The van der Waals surface area contributed by atoms with Crippen LogP contribution in [0.25, 0.3) is 0 Å². The number of amides is 1. The average molecular weight is 249 g/mol. The Labute approximate surface area is 107 Å². The van der Waals surface area contributed by atoms with Gasteiger partial charge in [0.2, 0.25) is 0 Å². The molecule has 1 unspecified atom stereocenters. The number of hydrogen-bond acceptors (Lipinski definition) is 4. The molecule has 1 amide bonds. The van der Waals surface area contributed by atoms with Crippen molar-refractivity contribution in [2.24, 2.45) is 0 Å². The number of nitrogens with zero attached hydrogens (tertiary/aromatic N) is 2. The lowest BCUT2D eigenvalue weighted by atomic mass is 10.1. The molecule has 1 aliphatic heterocycles. The van der Waals surface area contributed by atoms with Crippen LogP contribution in [0, 0.1) is 0 Å². The number of pyridine rings is 1. The van der Waals surface area contributed by atoms with E-state index in [-0.39, 0.29) is 12.0 Å². The van der Waals surface area contributed by atoms with Crippen molar-refractivity contribution < 1.29 is 9.53 Å². The maximum atomic E-state index is 12.3. The third-order valence-corrected chi connectivity index (χ3v) is 3.14. The summed E-state index contributed by atoms with van der Waals surface area (Å²) >= 11 is 0. The number of morpholine rings is 1. The van der Waals surface area contributed by atoms with Gasteiger partial charge in [-0.1, -0.05) is 6.92 Å². The molecule has 98 valence electrons. The first-order valence-corrected chi connectivity index (χ1v) is 6.29. The van der Waals surface area contributed by atoms with Gasteiger partial charge in [-0.05, 0) is 18.6 Å². The molecule has 1 atom stereocenters. The van der Waals surface area contributed by atoms with Crippen molar-refractivity contribution in [2.45, 2.75) is 19.4 Å². The summed E-state index contributed by atoms with van der Waals surface area (Å²) in [6.07, 6.45) is 2.74. The Balaban J connectivity index is 2.10. The van der Waals surface area contributed by atoms with E-state index in [4.69, 9.17) is 4.74 Å². The van der Waals surface area contributed by atoms with Crippen LogP contribution in [0.4, 0.5) is 5.82 Å². The highest BCUT2D eigenvalue weighted by Crippen LogP contribution is 2.14. The fourth-order valence-corrected chi connectivity index (χ4v) is 2.03. The molecule has 1 N–H and O–H groups in total. The van der Waals surface area contributed by atoms with Gasteiger partial charge in [0.25, 0.3) is 5.91 Å². The number of carbonyl (C=O) groups excluding carboxylic acids is 1. The Morgan fingerprint density at radius 3 is 3.22 bits per heavy atom. The summed E-state index contributed by atoms with van der Waals surface area (Å²) in [5.74, 6) is 0.761. The van der Waals surface area contributed by atoms with Gasteiger partial charge in [-0.3, -0.25) is 4.79 Å². The molecular weight excluding hydrogens is 230 g/mol. The minimum atomic E-state index is 0.0515. The van der Waals surface area contributed by atoms with Crippen LogP contribution in [-0.2, 0) is 4.74 Å². The molecular formula is C13H19N3O2. The third kappa shape index (κ3) is 2.79. The number of nitrogens with one attached hydrogen (secondary N) is 1. The molecule has 0 saturated carbocycles. The Morgan fingerprint density at radius 1 is 1.67 bits per heavy atom. The van der Waals surface area contributed by atoms with Crippen molar-refractivity contribution in [1.82, 2.24) is 9.88 Å². The van der Waals surface area contributed by atoms with Gasteiger partial charge in [0.05, 0.1) is 12.7 Å². The Hall–Kier alpha value is -1.62. The quantitative estimate of drug-likeness (QED) is 0.879. The SMILES string of the molecule is CCC1CN(C(=O)c2ccnc(NC)c2)CCO1. The van der Waals surface area contributed by atoms with E-state index in [2.05, 4.69) is 17.2 Å². The second-order valence-corrected chi connectivity index (χ2v) is 4.33. The molecule has 1 aromatic heterocycles. The molecule has 0 radical (unpaired) electrons. The van der Waals surface area contributed by atoms with Crippen LogP contribution < -0.4 is 5.32 Å². The fraction of sp³-hybridized carbons (Fsp3) is 0.538. The number of anilines is 1. The van der Waals surface area contributed by atoms with Gasteiger partial charge in [-0.2, -0.15) is 0 Å². The number of carbonyl (C=O) groups is 1. The van der Waals surface area contributed by atoms with Crippen molar-refractivity contribution in [1.29, 1.82) is 0 Å². The second kappa shape index (κ2) is 5.82. The lowest BCUT2D eigenvalue weighted by Crippen LogP contribution is -2.45. The van der Waals surface area contributed by atoms with Crippen molar-refractivity contribution in [3.63, 3.8) is 0 Å². The summed E-state index contributed by atoms with van der Waals surface area (Å²) in [7, 11) is 1.79. The number of rotatable bonds is 3. The molecule has 1 saturated heterocycles. The van der Waals surface area contributed by atoms with Crippen LogP contribution in [0.5, 0.6) is 0 Å². The molecule has 0 bridgehead atoms. The number of aromatic nitrogens is 1. The highest BCUT2D eigenvalue weighted by atomic mass is 16.5. The van der Waals surface area contributed by atoms with Crippen LogP contribution in [0.1, 0.15) is 23.7 Å². The van der Waals surface area contributed by atoms with Gasteiger partial charge in [-0.15, -0.1) is 0 Å². The largest absolute Gasteiger partial charge is 0.375 e. The molecule has 2 heterocycles. The molecule has 2 rings (SSSR count). The van der Waals surface area contributed by atoms with Crippen molar-refractivity contribution in [3.05, 3.63) is 23.9 Å². The topological polar surface area (TPSA) is 54.5 Å². The normalized spacial score (nSPS) is 19.7. The van der Waals surface area contributed by atoms with Crippen LogP contribution in [0.15, 0.2) is 18.3 Å². The monoisotopic (exact) mass is 249 g/mol. The van der Waals surface area contributed by atoms with Crippen molar-refractivity contribution >= 4 is 11.7 Å². The predicted molar refractivity (Wildman–Crippen MR) is 69.7 cm³/mol. The van der Waals surface area contributed by atoms with E-state index in [0.717, 1.165) is 6.42 Å². The fourth-order valence-electron chi connectivity index (χ4n) is 2.03. The molecule has 1 aromatic rings. The van der Waals surface area contributed by atoms with E-state index in [1.165, 1.54) is 0 Å². The zero-order valence-corrected chi connectivity index (χ0v) is 10.8. The van der Waals surface area contributed by atoms with Gasteiger partial charge in [0.1, 0.15) is 5.82 Å². The van der Waals surface area contributed by atoms with Crippen LogP contribution in [0.3, 0.4) is 0 Å². The first-order valence-electron chi connectivity index (χ1n) is 6.29. The van der Waals surface area contributed by atoms with E-state index in [1.807, 2.05) is 4.90 Å². The summed E-state index contributed by atoms with van der Waals surface area (Å²) in [6, 6.07) is 3.53. The first kappa shape index (κ1) is 12.8. The zero-order chi connectivity index (χ0) is 13.0. The summed E-state index contributed by atoms with van der Waals surface area (Å²) in [5.41, 5.74) is 0.672. The van der Waals surface area contributed by atoms with Gasteiger partial charge in [0.15, 0.2) is 0 Å². The zero-order valence-electron chi connectivity index (χ0n) is 10.8. The van der Waals surface area contributed by atoms with Crippen LogP contribution in [-0.4, -0.2) is 48.6 Å². The van der Waals surface area contributed by atoms with Gasteiger partial charge < -0.3 is 15.0 Å². The van der Waals surface area contributed by atoms with Crippen molar-refractivity contribution in [3.8, 4) is 0 Å². The van der Waals surface area contributed by atoms with E-state index in [9.17, 15) is 4.79 Å². The lowest BCUT2D eigenvalue weighted by molar-refractivity contribution is -0.0226. The summed E-state index contributed by atoms with van der Waals surface area (Å²) in [5, 5.41) is 2.94. The number of hydrogen-bond donors (Lipinski definition) is 1. The number of ether oxygens (including phenoxy) is 1. The molecule has 0 aliphatic carbocycles. The second-order valence-electron chi connectivity index (χ2n) is 4.33. The third-order valence-electron chi connectivity index (χ3n) is 3.14. The predicted octanol–water partition coefficient (Wildman–Crippen LogP) is 1.37.